The summed E-state index contributed by atoms with van der Waals surface area (Å²) in [5.41, 5.74) is 6.26. The molecule has 1 fully saturated rings. The number of rotatable bonds is 4. The lowest BCUT2D eigenvalue weighted by Crippen LogP contribution is -2.59. The van der Waals surface area contributed by atoms with Crippen molar-refractivity contribution in [3.63, 3.8) is 0 Å². The minimum absolute atomic E-state index is 0.00493. The molecule has 0 saturated carbocycles. The molecule has 1 saturated heterocycles. The fourth-order valence-corrected chi connectivity index (χ4v) is 2.69. The molecule has 5 heteroatoms. The fourth-order valence-electron chi connectivity index (χ4n) is 2.69. The Balaban J connectivity index is 2.01. The zero-order valence-corrected chi connectivity index (χ0v) is 13.0. The van der Waals surface area contributed by atoms with Crippen molar-refractivity contribution in [1.29, 1.82) is 0 Å². The van der Waals surface area contributed by atoms with Gasteiger partial charge in [-0.3, -0.25) is 9.69 Å². The van der Waals surface area contributed by atoms with Gasteiger partial charge >= 0.3 is 0 Å². The number of carbonyl (C=O) groups excluding carboxylic acids is 1. The van der Waals surface area contributed by atoms with Gasteiger partial charge in [0.1, 0.15) is 0 Å². The molecule has 0 aliphatic carbocycles. The van der Waals surface area contributed by atoms with E-state index in [-0.39, 0.29) is 23.7 Å². The summed E-state index contributed by atoms with van der Waals surface area (Å²) >= 11 is 0. The van der Waals surface area contributed by atoms with Crippen LogP contribution in [0.1, 0.15) is 20.8 Å². The highest BCUT2D eigenvalue weighted by atomic mass is 16.5. The summed E-state index contributed by atoms with van der Waals surface area (Å²) in [6.07, 6.45) is -0.0271. The molecule has 5 nitrogen and oxygen atoms in total. The minimum atomic E-state index is -0.288. The number of para-hydroxylation sites is 1. The Morgan fingerprint density at radius 2 is 2.14 bits per heavy atom. The van der Waals surface area contributed by atoms with Gasteiger partial charge in [-0.2, -0.15) is 0 Å². The average Bonchev–Trinajstić information content (AvgIpc) is 2.45. The van der Waals surface area contributed by atoms with E-state index in [2.05, 4.69) is 10.2 Å². The van der Waals surface area contributed by atoms with E-state index in [0.29, 0.717) is 19.6 Å². The van der Waals surface area contributed by atoms with Crippen LogP contribution < -0.4 is 11.1 Å². The van der Waals surface area contributed by atoms with Crippen LogP contribution in [0.15, 0.2) is 30.3 Å². The van der Waals surface area contributed by atoms with Crippen molar-refractivity contribution >= 4 is 11.6 Å². The molecule has 3 N–H and O–H groups in total. The standard InChI is InChI=1S/C16H25N3O2/c1-12(15(20)18-13-7-5-4-6-8-13)19-10-14(9-17)21-16(2,3)11-19/h4-8,12,14H,9-11,17H2,1-3H3,(H,18,20). The Morgan fingerprint density at radius 3 is 2.76 bits per heavy atom. The first kappa shape index (κ1) is 15.9. The lowest BCUT2D eigenvalue weighted by atomic mass is 10.0. The number of carbonyl (C=O) groups is 1. The van der Waals surface area contributed by atoms with Crippen LogP contribution in [0.3, 0.4) is 0 Å². The van der Waals surface area contributed by atoms with Crippen molar-refractivity contribution < 1.29 is 9.53 Å². The molecule has 0 bridgehead atoms. The predicted molar refractivity (Wildman–Crippen MR) is 84.1 cm³/mol. The van der Waals surface area contributed by atoms with Gasteiger partial charge in [0.2, 0.25) is 5.91 Å². The number of morpholine rings is 1. The van der Waals surface area contributed by atoms with Crippen LogP contribution in [-0.4, -0.2) is 48.2 Å². The van der Waals surface area contributed by atoms with E-state index >= 15 is 0 Å². The van der Waals surface area contributed by atoms with Crippen molar-refractivity contribution in [1.82, 2.24) is 4.90 Å². The second kappa shape index (κ2) is 6.56. The van der Waals surface area contributed by atoms with E-state index in [9.17, 15) is 4.79 Å². The maximum Gasteiger partial charge on any atom is 0.241 e. The maximum absolute atomic E-state index is 12.4. The highest BCUT2D eigenvalue weighted by Gasteiger charge is 2.36. The van der Waals surface area contributed by atoms with E-state index in [4.69, 9.17) is 10.5 Å². The molecule has 1 amide bonds. The van der Waals surface area contributed by atoms with Gasteiger partial charge in [-0.25, -0.2) is 0 Å². The van der Waals surface area contributed by atoms with E-state index in [1.54, 1.807) is 0 Å². The summed E-state index contributed by atoms with van der Waals surface area (Å²) in [4.78, 5) is 14.5. The molecule has 2 rings (SSSR count). The molecule has 0 radical (unpaired) electrons. The van der Waals surface area contributed by atoms with Crippen molar-refractivity contribution in [2.45, 2.75) is 38.5 Å². The molecule has 116 valence electrons. The number of nitrogens with zero attached hydrogens (tertiary/aromatic N) is 1. The monoisotopic (exact) mass is 291 g/mol. The Morgan fingerprint density at radius 1 is 1.48 bits per heavy atom. The quantitative estimate of drug-likeness (QED) is 0.881. The van der Waals surface area contributed by atoms with Crippen LogP contribution in [0.2, 0.25) is 0 Å². The molecular weight excluding hydrogens is 266 g/mol. The highest BCUT2D eigenvalue weighted by molar-refractivity contribution is 5.94. The summed E-state index contributed by atoms with van der Waals surface area (Å²) in [7, 11) is 0. The van der Waals surface area contributed by atoms with E-state index in [1.165, 1.54) is 0 Å². The molecule has 1 aliphatic heterocycles. The molecule has 0 spiro atoms. The summed E-state index contributed by atoms with van der Waals surface area (Å²) in [6, 6.07) is 9.29. The van der Waals surface area contributed by atoms with Crippen LogP contribution >= 0.6 is 0 Å². The maximum atomic E-state index is 12.4. The number of nitrogens with two attached hydrogens (primary N) is 1. The van der Waals surface area contributed by atoms with Gasteiger partial charge in [-0.05, 0) is 32.9 Å². The molecule has 2 atom stereocenters. The number of amides is 1. The summed E-state index contributed by atoms with van der Waals surface area (Å²) < 4.78 is 5.90. The van der Waals surface area contributed by atoms with Crippen molar-refractivity contribution in [2.24, 2.45) is 5.73 Å². The number of nitrogens with one attached hydrogen (secondary N) is 1. The van der Waals surface area contributed by atoms with Crippen LogP contribution in [0.4, 0.5) is 5.69 Å². The Hall–Kier alpha value is -1.43. The average molecular weight is 291 g/mol. The van der Waals surface area contributed by atoms with Crippen molar-refractivity contribution in [3.8, 4) is 0 Å². The number of anilines is 1. The lowest BCUT2D eigenvalue weighted by Gasteiger charge is -2.44. The molecule has 1 aromatic carbocycles. The molecule has 2 unspecified atom stereocenters. The normalized spacial score (nSPS) is 23.5. The van der Waals surface area contributed by atoms with Crippen molar-refractivity contribution in [3.05, 3.63) is 30.3 Å². The van der Waals surface area contributed by atoms with Gasteiger partial charge < -0.3 is 15.8 Å². The second-order valence-electron chi connectivity index (χ2n) is 6.20. The molecule has 1 heterocycles. The molecule has 1 aliphatic rings. The van der Waals surface area contributed by atoms with Crippen LogP contribution in [0.5, 0.6) is 0 Å². The third-order valence-electron chi connectivity index (χ3n) is 3.74. The zero-order chi connectivity index (χ0) is 15.5. The lowest BCUT2D eigenvalue weighted by molar-refractivity contribution is -0.147. The zero-order valence-electron chi connectivity index (χ0n) is 13.0. The third-order valence-corrected chi connectivity index (χ3v) is 3.74. The van der Waals surface area contributed by atoms with Crippen LogP contribution in [-0.2, 0) is 9.53 Å². The third kappa shape index (κ3) is 4.27. The fraction of sp³-hybridized carbons (Fsp3) is 0.562. The van der Waals surface area contributed by atoms with Crippen LogP contribution in [0, 0.1) is 0 Å². The SMILES string of the molecule is CC(C(=O)Nc1ccccc1)N1CC(CN)OC(C)(C)C1. The van der Waals surface area contributed by atoms with Gasteiger partial charge in [-0.15, -0.1) is 0 Å². The second-order valence-corrected chi connectivity index (χ2v) is 6.20. The molecule has 1 aromatic rings. The smallest absolute Gasteiger partial charge is 0.241 e. The number of hydrogen-bond acceptors (Lipinski definition) is 4. The number of ether oxygens (including phenoxy) is 1. The summed E-state index contributed by atoms with van der Waals surface area (Å²) in [5, 5.41) is 2.95. The van der Waals surface area contributed by atoms with Gasteiger partial charge in [0.25, 0.3) is 0 Å². The molecule has 0 aromatic heterocycles. The van der Waals surface area contributed by atoms with Gasteiger partial charge in [0, 0.05) is 25.3 Å². The summed E-state index contributed by atoms with van der Waals surface area (Å²) in [6.45, 7) is 7.85. The first-order valence-corrected chi connectivity index (χ1v) is 7.39. The summed E-state index contributed by atoms with van der Waals surface area (Å²) in [5.74, 6) is -0.00493. The number of benzene rings is 1. The van der Waals surface area contributed by atoms with Gasteiger partial charge in [-0.1, -0.05) is 18.2 Å². The largest absolute Gasteiger partial charge is 0.368 e. The van der Waals surface area contributed by atoms with Crippen molar-refractivity contribution in [2.75, 3.05) is 25.0 Å². The first-order valence-electron chi connectivity index (χ1n) is 7.39. The topological polar surface area (TPSA) is 67.6 Å². The Bertz CT molecular complexity index is 476. The first-order chi connectivity index (χ1) is 9.91. The number of hydrogen-bond donors (Lipinski definition) is 2. The Kier molecular flexibility index (Phi) is 4.98. The van der Waals surface area contributed by atoms with Gasteiger partial charge in [0.05, 0.1) is 17.7 Å². The van der Waals surface area contributed by atoms with E-state index < -0.39 is 0 Å². The predicted octanol–water partition coefficient (Wildman–Crippen LogP) is 1.45. The van der Waals surface area contributed by atoms with Gasteiger partial charge in [0.15, 0.2) is 0 Å². The highest BCUT2D eigenvalue weighted by Crippen LogP contribution is 2.22. The molecule has 21 heavy (non-hydrogen) atoms. The van der Waals surface area contributed by atoms with E-state index in [1.807, 2.05) is 51.1 Å². The Labute approximate surface area is 126 Å². The molecular formula is C16H25N3O2. The van der Waals surface area contributed by atoms with E-state index in [0.717, 1.165) is 5.69 Å². The minimum Gasteiger partial charge on any atom is -0.368 e. The van der Waals surface area contributed by atoms with Crippen LogP contribution in [0.25, 0.3) is 0 Å².